The van der Waals surface area contributed by atoms with Gasteiger partial charge in [0.05, 0.1) is 24.5 Å². The number of ether oxygens (including phenoxy) is 1. The second kappa shape index (κ2) is 6.12. The first-order valence-corrected chi connectivity index (χ1v) is 7.44. The molecule has 118 valence electrons. The van der Waals surface area contributed by atoms with Crippen LogP contribution in [0.3, 0.4) is 0 Å². The number of rotatable bonds is 4. The van der Waals surface area contributed by atoms with Crippen LogP contribution in [0.2, 0.25) is 0 Å². The molecule has 0 saturated heterocycles. The Balaban J connectivity index is 1.74. The van der Waals surface area contributed by atoms with Crippen LogP contribution in [0.4, 0.5) is 0 Å². The zero-order chi connectivity index (χ0) is 16.4. The highest BCUT2D eigenvalue weighted by Crippen LogP contribution is 2.22. The van der Waals surface area contributed by atoms with Gasteiger partial charge >= 0.3 is 0 Å². The van der Waals surface area contributed by atoms with Gasteiger partial charge in [-0.2, -0.15) is 0 Å². The number of hydrogen-bond donors (Lipinski definition) is 2. The zero-order valence-corrected chi connectivity index (χ0v) is 13.4. The Morgan fingerprint density at radius 2 is 2.04 bits per heavy atom. The van der Waals surface area contributed by atoms with E-state index in [1.807, 2.05) is 38.1 Å². The fourth-order valence-electron chi connectivity index (χ4n) is 2.61. The molecular formula is C18H19N3O2. The summed E-state index contributed by atoms with van der Waals surface area (Å²) in [7, 11) is 1.66. The molecule has 1 amide bonds. The highest BCUT2D eigenvalue weighted by molar-refractivity contribution is 5.97. The maximum atomic E-state index is 12.3. The third kappa shape index (κ3) is 3.04. The number of fused-ring (bicyclic) bond motifs is 1. The molecule has 1 heterocycles. The monoisotopic (exact) mass is 309 g/mol. The van der Waals surface area contributed by atoms with Crippen LogP contribution in [-0.2, 0) is 6.54 Å². The summed E-state index contributed by atoms with van der Waals surface area (Å²) in [6, 6.07) is 9.47. The molecule has 0 atom stereocenters. The third-order valence-corrected chi connectivity index (χ3v) is 3.98. The predicted octanol–water partition coefficient (Wildman–Crippen LogP) is 3.12. The van der Waals surface area contributed by atoms with E-state index in [0.29, 0.717) is 12.1 Å². The Labute approximate surface area is 134 Å². The van der Waals surface area contributed by atoms with E-state index in [-0.39, 0.29) is 5.91 Å². The largest absolute Gasteiger partial charge is 0.496 e. The fraction of sp³-hybridized carbons (Fsp3) is 0.222. The normalized spacial score (nSPS) is 10.7. The highest BCUT2D eigenvalue weighted by Gasteiger charge is 2.09. The lowest BCUT2D eigenvalue weighted by Gasteiger charge is -2.12. The standard InChI is InChI=1S/C18H19N3O2/c1-11-7-17(23-3)12(2)6-14(11)9-19-18(22)13-4-5-15-16(8-13)21-10-20-15/h4-8,10H,9H2,1-3H3,(H,19,22)(H,20,21). The minimum absolute atomic E-state index is 0.102. The molecule has 0 aliphatic carbocycles. The molecule has 23 heavy (non-hydrogen) atoms. The van der Waals surface area contributed by atoms with E-state index in [2.05, 4.69) is 15.3 Å². The van der Waals surface area contributed by atoms with E-state index in [9.17, 15) is 4.79 Å². The fourth-order valence-corrected chi connectivity index (χ4v) is 2.61. The van der Waals surface area contributed by atoms with Gasteiger partial charge in [0, 0.05) is 12.1 Å². The number of carbonyl (C=O) groups is 1. The van der Waals surface area contributed by atoms with E-state index < -0.39 is 0 Å². The first-order chi connectivity index (χ1) is 11.1. The van der Waals surface area contributed by atoms with Gasteiger partial charge in [-0.25, -0.2) is 4.98 Å². The van der Waals surface area contributed by atoms with E-state index in [1.165, 1.54) is 0 Å². The Morgan fingerprint density at radius 1 is 1.22 bits per heavy atom. The second-order valence-electron chi connectivity index (χ2n) is 5.57. The maximum absolute atomic E-state index is 12.3. The molecule has 0 radical (unpaired) electrons. The Hall–Kier alpha value is -2.82. The molecule has 0 saturated carbocycles. The lowest BCUT2D eigenvalue weighted by molar-refractivity contribution is 0.0951. The second-order valence-corrected chi connectivity index (χ2v) is 5.57. The molecule has 3 aromatic rings. The first-order valence-electron chi connectivity index (χ1n) is 7.44. The number of imidazole rings is 1. The SMILES string of the molecule is COc1cc(C)c(CNC(=O)c2ccc3nc[nH]c3c2)cc1C. The molecule has 3 rings (SSSR count). The van der Waals surface area contributed by atoms with Crippen molar-refractivity contribution in [2.75, 3.05) is 7.11 Å². The number of aryl methyl sites for hydroxylation is 2. The van der Waals surface area contributed by atoms with Crippen LogP contribution in [0.15, 0.2) is 36.7 Å². The molecule has 5 heteroatoms. The molecule has 5 nitrogen and oxygen atoms in total. The van der Waals surface area contributed by atoms with Crippen LogP contribution in [-0.4, -0.2) is 23.0 Å². The number of aromatic nitrogens is 2. The van der Waals surface area contributed by atoms with Gasteiger partial charge in [-0.15, -0.1) is 0 Å². The van der Waals surface area contributed by atoms with Crippen molar-refractivity contribution in [2.24, 2.45) is 0 Å². The summed E-state index contributed by atoms with van der Waals surface area (Å²) in [4.78, 5) is 19.5. The maximum Gasteiger partial charge on any atom is 0.251 e. The van der Waals surface area contributed by atoms with E-state index >= 15 is 0 Å². The third-order valence-electron chi connectivity index (χ3n) is 3.98. The summed E-state index contributed by atoms with van der Waals surface area (Å²) in [5, 5.41) is 2.96. The topological polar surface area (TPSA) is 67.0 Å². The van der Waals surface area contributed by atoms with Crippen LogP contribution in [0.5, 0.6) is 5.75 Å². The van der Waals surface area contributed by atoms with Gasteiger partial charge < -0.3 is 15.0 Å². The summed E-state index contributed by atoms with van der Waals surface area (Å²) in [5.41, 5.74) is 5.55. The number of nitrogens with one attached hydrogen (secondary N) is 2. The molecule has 0 spiro atoms. The quantitative estimate of drug-likeness (QED) is 0.778. The van der Waals surface area contributed by atoms with Gasteiger partial charge in [-0.1, -0.05) is 6.07 Å². The first kappa shape index (κ1) is 15.1. The van der Waals surface area contributed by atoms with Gasteiger partial charge in [0.2, 0.25) is 0 Å². The zero-order valence-electron chi connectivity index (χ0n) is 13.4. The minimum atomic E-state index is -0.102. The summed E-state index contributed by atoms with van der Waals surface area (Å²) >= 11 is 0. The number of methoxy groups -OCH3 is 1. The van der Waals surface area contributed by atoms with Gasteiger partial charge in [-0.3, -0.25) is 4.79 Å². The number of aromatic amines is 1. The molecule has 0 aliphatic heterocycles. The number of nitrogens with zero attached hydrogens (tertiary/aromatic N) is 1. The Morgan fingerprint density at radius 3 is 2.83 bits per heavy atom. The van der Waals surface area contributed by atoms with Crippen LogP contribution >= 0.6 is 0 Å². The molecule has 2 N–H and O–H groups in total. The molecule has 0 fully saturated rings. The number of carbonyl (C=O) groups excluding carboxylic acids is 1. The van der Waals surface area contributed by atoms with Crippen molar-refractivity contribution in [1.29, 1.82) is 0 Å². The summed E-state index contributed by atoms with van der Waals surface area (Å²) in [6.45, 7) is 4.49. The number of amides is 1. The lowest BCUT2D eigenvalue weighted by atomic mass is 10.0. The van der Waals surface area contributed by atoms with E-state index in [0.717, 1.165) is 33.5 Å². The lowest BCUT2D eigenvalue weighted by Crippen LogP contribution is -2.23. The van der Waals surface area contributed by atoms with Crippen molar-refractivity contribution in [3.63, 3.8) is 0 Å². The average molecular weight is 309 g/mol. The molecular weight excluding hydrogens is 290 g/mol. The van der Waals surface area contributed by atoms with Crippen molar-refractivity contribution in [2.45, 2.75) is 20.4 Å². The van der Waals surface area contributed by atoms with Gasteiger partial charge in [-0.05, 0) is 54.8 Å². The van der Waals surface area contributed by atoms with Crippen molar-refractivity contribution < 1.29 is 9.53 Å². The van der Waals surface area contributed by atoms with E-state index in [1.54, 1.807) is 19.5 Å². The summed E-state index contributed by atoms with van der Waals surface area (Å²) < 4.78 is 5.31. The predicted molar refractivity (Wildman–Crippen MR) is 89.7 cm³/mol. The molecule has 0 aliphatic rings. The van der Waals surface area contributed by atoms with Crippen molar-refractivity contribution in [1.82, 2.24) is 15.3 Å². The average Bonchev–Trinajstić information content (AvgIpc) is 3.02. The van der Waals surface area contributed by atoms with Crippen LogP contribution in [0.25, 0.3) is 11.0 Å². The van der Waals surface area contributed by atoms with Crippen molar-refractivity contribution >= 4 is 16.9 Å². The Bertz CT molecular complexity index is 868. The number of H-pyrrole nitrogens is 1. The number of hydrogen-bond acceptors (Lipinski definition) is 3. The summed E-state index contributed by atoms with van der Waals surface area (Å²) in [6.07, 6.45) is 1.62. The van der Waals surface area contributed by atoms with Crippen LogP contribution in [0.1, 0.15) is 27.0 Å². The van der Waals surface area contributed by atoms with Crippen molar-refractivity contribution in [3.8, 4) is 5.75 Å². The van der Waals surface area contributed by atoms with Gasteiger partial charge in [0.1, 0.15) is 5.75 Å². The minimum Gasteiger partial charge on any atom is -0.496 e. The van der Waals surface area contributed by atoms with E-state index in [4.69, 9.17) is 4.74 Å². The molecule has 1 aromatic heterocycles. The summed E-state index contributed by atoms with van der Waals surface area (Å²) in [5.74, 6) is 0.761. The molecule has 0 bridgehead atoms. The smallest absolute Gasteiger partial charge is 0.251 e. The van der Waals surface area contributed by atoms with Crippen LogP contribution in [0, 0.1) is 13.8 Å². The van der Waals surface area contributed by atoms with Gasteiger partial charge in [0.15, 0.2) is 0 Å². The number of benzene rings is 2. The Kier molecular flexibility index (Phi) is 4.02. The van der Waals surface area contributed by atoms with Crippen LogP contribution < -0.4 is 10.1 Å². The molecule has 0 unspecified atom stereocenters. The van der Waals surface area contributed by atoms with Gasteiger partial charge in [0.25, 0.3) is 5.91 Å². The molecule has 2 aromatic carbocycles. The van der Waals surface area contributed by atoms with Crippen molar-refractivity contribution in [3.05, 3.63) is 58.9 Å². The highest BCUT2D eigenvalue weighted by atomic mass is 16.5.